The molecule has 3 aromatic heterocycles. The van der Waals surface area contributed by atoms with Crippen molar-refractivity contribution >= 4 is 28.0 Å². The van der Waals surface area contributed by atoms with E-state index in [1.165, 1.54) is 11.3 Å². The van der Waals surface area contributed by atoms with E-state index >= 15 is 0 Å². The molecule has 3 heterocycles. The molecule has 0 aliphatic carbocycles. The van der Waals surface area contributed by atoms with E-state index in [1.54, 1.807) is 4.68 Å². The van der Waals surface area contributed by atoms with Gasteiger partial charge in [0.15, 0.2) is 16.2 Å². The third kappa shape index (κ3) is 3.58. The number of nitrogens with zero attached hydrogens (tertiary/aromatic N) is 4. The molecule has 0 radical (unpaired) electrons. The maximum absolute atomic E-state index is 13.4. The highest BCUT2D eigenvalue weighted by molar-refractivity contribution is 7.07. The minimum Gasteiger partial charge on any atom is -0.454 e. The van der Waals surface area contributed by atoms with Gasteiger partial charge in [-0.25, -0.2) is 9.67 Å². The molecule has 1 unspecified atom stereocenters. The van der Waals surface area contributed by atoms with Crippen molar-refractivity contribution in [2.75, 3.05) is 0 Å². The normalized spacial score (nSPS) is 13.2. The minimum atomic E-state index is -0.129. The highest BCUT2D eigenvalue weighted by Gasteiger charge is 2.19. The Kier molecular flexibility index (Phi) is 5.42. The van der Waals surface area contributed by atoms with Crippen LogP contribution in [-0.2, 0) is 7.05 Å². The standard InChI is InChI=1S/C26H26N4O2S/c1-5-17(2)29-21(23-15-19-11-9-10-14-22(19)32-23)16-33-26(29)27-24-18(3)28(4)30(25(24)31)20-12-7-6-8-13-20/h6-17H,5H2,1-4H3. The Morgan fingerprint density at radius 3 is 2.55 bits per heavy atom. The molecule has 0 saturated heterocycles. The summed E-state index contributed by atoms with van der Waals surface area (Å²) >= 11 is 1.53. The van der Waals surface area contributed by atoms with Crippen LogP contribution in [0.25, 0.3) is 28.1 Å². The molecule has 2 aromatic carbocycles. The van der Waals surface area contributed by atoms with E-state index in [9.17, 15) is 4.79 Å². The lowest BCUT2D eigenvalue weighted by Crippen LogP contribution is -2.21. The van der Waals surface area contributed by atoms with Gasteiger partial charge in [0.2, 0.25) is 0 Å². The number of fused-ring (bicyclic) bond motifs is 1. The van der Waals surface area contributed by atoms with E-state index in [1.807, 2.05) is 73.3 Å². The molecule has 0 aliphatic heterocycles. The van der Waals surface area contributed by atoms with Gasteiger partial charge < -0.3 is 8.98 Å². The van der Waals surface area contributed by atoms with Crippen molar-refractivity contribution in [3.05, 3.63) is 86.9 Å². The van der Waals surface area contributed by atoms with Crippen molar-refractivity contribution in [2.24, 2.45) is 12.0 Å². The monoisotopic (exact) mass is 458 g/mol. The van der Waals surface area contributed by atoms with Gasteiger partial charge in [0.1, 0.15) is 5.58 Å². The Balaban J connectivity index is 1.71. The highest BCUT2D eigenvalue weighted by Crippen LogP contribution is 2.30. The van der Waals surface area contributed by atoms with Crippen LogP contribution in [0.1, 0.15) is 32.0 Å². The van der Waals surface area contributed by atoms with Crippen LogP contribution in [0, 0.1) is 6.92 Å². The zero-order valence-corrected chi connectivity index (χ0v) is 20.0. The molecule has 7 heteroatoms. The Hall–Kier alpha value is -3.58. The third-order valence-electron chi connectivity index (χ3n) is 6.18. The number of thiazole rings is 1. The van der Waals surface area contributed by atoms with Crippen LogP contribution in [0.3, 0.4) is 0 Å². The van der Waals surface area contributed by atoms with Gasteiger partial charge in [0.25, 0.3) is 5.56 Å². The lowest BCUT2D eigenvalue weighted by molar-refractivity contribution is 0.514. The third-order valence-corrected chi connectivity index (χ3v) is 7.02. The van der Waals surface area contributed by atoms with E-state index in [0.717, 1.165) is 45.0 Å². The van der Waals surface area contributed by atoms with Crippen molar-refractivity contribution in [1.29, 1.82) is 0 Å². The molecule has 6 nitrogen and oxygen atoms in total. The van der Waals surface area contributed by atoms with E-state index in [2.05, 4.69) is 29.9 Å². The molecule has 0 saturated carbocycles. The van der Waals surface area contributed by atoms with Crippen LogP contribution in [-0.4, -0.2) is 13.9 Å². The van der Waals surface area contributed by atoms with Crippen molar-refractivity contribution in [1.82, 2.24) is 13.9 Å². The first kappa shape index (κ1) is 21.3. The Bertz CT molecular complexity index is 1530. The second-order valence-corrected chi connectivity index (χ2v) is 9.04. The number of hydrogen-bond donors (Lipinski definition) is 0. The lowest BCUT2D eigenvalue weighted by atomic mass is 10.2. The first-order valence-corrected chi connectivity index (χ1v) is 11.9. The molecule has 5 aromatic rings. The largest absolute Gasteiger partial charge is 0.454 e. The maximum Gasteiger partial charge on any atom is 0.297 e. The van der Waals surface area contributed by atoms with Crippen LogP contribution in [0.4, 0.5) is 5.69 Å². The number of benzene rings is 2. The molecule has 1 atom stereocenters. The van der Waals surface area contributed by atoms with Gasteiger partial charge in [-0.05, 0) is 44.5 Å². The average molecular weight is 459 g/mol. The van der Waals surface area contributed by atoms with Crippen LogP contribution in [0.2, 0.25) is 0 Å². The fraction of sp³-hybridized carbons (Fsp3) is 0.231. The first-order valence-electron chi connectivity index (χ1n) is 11.1. The smallest absolute Gasteiger partial charge is 0.297 e. The summed E-state index contributed by atoms with van der Waals surface area (Å²) in [6.07, 6.45) is 0.930. The number of aromatic nitrogens is 3. The van der Waals surface area contributed by atoms with E-state index in [0.29, 0.717) is 5.69 Å². The second kappa shape index (κ2) is 8.41. The predicted octanol–water partition coefficient (Wildman–Crippen LogP) is 5.96. The number of hydrogen-bond acceptors (Lipinski definition) is 4. The quantitative estimate of drug-likeness (QED) is 0.326. The topological polar surface area (TPSA) is 57.4 Å². The second-order valence-electron chi connectivity index (χ2n) is 8.20. The molecule has 0 spiro atoms. The molecule has 0 N–H and O–H groups in total. The predicted molar refractivity (Wildman–Crippen MR) is 133 cm³/mol. The van der Waals surface area contributed by atoms with Gasteiger partial charge in [0.05, 0.1) is 17.1 Å². The molecule has 0 fully saturated rings. The summed E-state index contributed by atoms with van der Waals surface area (Å²) in [5.74, 6) is 0.806. The zero-order valence-electron chi connectivity index (χ0n) is 19.1. The Morgan fingerprint density at radius 2 is 1.82 bits per heavy atom. The van der Waals surface area contributed by atoms with Crippen molar-refractivity contribution in [3.63, 3.8) is 0 Å². The van der Waals surface area contributed by atoms with Crippen LogP contribution >= 0.6 is 11.3 Å². The summed E-state index contributed by atoms with van der Waals surface area (Å²) in [6.45, 7) is 6.25. The molecule has 168 valence electrons. The summed E-state index contributed by atoms with van der Waals surface area (Å²) in [7, 11) is 1.89. The van der Waals surface area contributed by atoms with Crippen LogP contribution in [0.15, 0.2) is 80.2 Å². The summed E-state index contributed by atoms with van der Waals surface area (Å²) in [5, 5.41) is 3.13. The molecule has 0 bridgehead atoms. The fourth-order valence-electron chi connectivity index (χ4n) is 4.08. The summed E-state index contributed by atoms with van der Waals surface area (Å²) in [4.78, 5) is 19.1. The van der Waals surface area contributed by atoms with Crippen molar-refractivity contribution in [3.8, 4) is 17.1 Å². The molecule has 5 rings (SSSR count). The van der Waals surface area contributed by atoms with Gasteiger partial charge in [-0.1, -0.05) is 43.3 Å². The summed E-state index contributed by atoms with van der Waals surface area (Å²) < 4.78 is 11.9. The summed E-state index contributed by atoms with van der Waals surface area (Å²) in [6, 6.07) is 19.9. The number of rotatable bonds is 5. The molecule has 33 heavy (non-hydrogen) atoms. The van der Waals surface area contributed by atoms with Crippen LogP contribution in [0.5, 0.6) is 0 Å². The lowest BCUT2D eigenvalue weighted by Gasteiger charge is -2.14. The van der Waals surface area contributed by atoms with Crippen molar-refractivity contribution < 1.29 is 4.42 Å². The van der Waals surface area contributed by atoms with E-state index in [-0.39, 0.29) is 11.6 Å². The zero-order chi connectivity index (χ0) is 23.1. The minimum absolute atomic E-state index is 0.129. The summed E-state index contributed by atoms with van der Waals surface area (Å²) in [5.41, 5.74) is 3.79. The maximum atomic E-state index is 13.4. The number of para-hydroxylation sites is 2. The van der Waals surface area contributed by atoms with E-state index < -0.39 is 0 Å². The molecular weight excluding hydrogens is 432 g/mol. The van der Waals surface area contributed by atoms with Gasteiger partial charge in [-0.3, -0.25) is 9.48 Å². The van der Waals surface area contributed by atoms with Gasteiger partial charge in [0, 0.05) is 23.9 Å². The molecule has 0 amide bonds. The SMILES string of the molecule is CCC(C)n1c(-c2cc3ccccc3o2)csc1=Nc1c(C)n(C)n(-c2ccccc2)c1=O. The average Bonchev–Trinajstić information content (AvgIpc) is 3.50. The van der Waals surface area contributed by atoms with E-state index in [4.69, 9.17) is 9.41 Å². The Morgan fingerprint density at radius 1 is 1.09 bits per heavy atom. The highest BCUT2D eigenvalue weighted by atomic mass is 32.1. The first-order chi connectivity index (χ1) is 16.0. The Labute approximate surface area is 195 Å². The molecular formula is C26H26N4O2S. The van der Waals surface area contributed by atoms with Gasteiger partial charge in [-0.15, -0.1) is 11.3 Å². The number of furan rings is 1. The van der Waals surface area contributed by atoms with Crippen LogP contribution < -0.4 is 10.4 Å². The fourth-order valence-corrected chi connectivity index (χ4v) is 5.06. The van der Waals surface area contributed by atoms with Gasteiger partial charge >= 0.3 is 0 Å². The molecule has 0 aliphatic rings. The van der Waals surface area contributed by atoms with Gasteiger partial charge in [-0.2, -0.15) is 0 Å². The van der Waals surface area contributed by atoms with Crippen molar-refractivity contribution in [2.45, 2.75) is 33.2 Å².